The van der Waals surface area contributed by atoms with Crippen LogP contribution in [0.1, 0.15) is 40.9 Å². The molecule has 2 aromatic carbocycles. The molecule has 6 heteroatoms. The van der Waals surface area contributed by atoms with Crippen molar-refractivity contribution in [3.8, 4) is 0 Å². The van der Waals surface area contributed by atoms with Crippen LogP contribution >= 0.6 is 0 Å². The second-order valence-corrected chi connectivity index (χ2v) is 7.75. The maximum atomic E-state index is 12.9. The molecule has 30 heavy (non-hydrogen) atoms. The van der Waals surface area contributed by atoms with Crippen LogP contribution in [0.2, 0.25) is 0 Å². The third-order valence-electron chi connectivity index (χ3n) is 4.98. The van der Waals surface area contributed by atoms with E-state index in [2.05, 4.69) is 15.7 Å². The third-order valence-corrected chi connectivity index (χ3v) is 4.98. The zero-order chi connectivity index (χ0) is 21.5. The number of aryl methyl sites for hydroxylation is 1. The average molecular weight is 405 g/mol. The smallest absolute Gasteiger partial charge is 0.251 e. The minimum Gasteiger partial charge on any atom is -0.350 e. The number of nitrogens with zero attached hydrogens (tertiary/aromatic N) is 2. The van der Waals surface area contributed by atoms with Crippen LogP contribution in [0.3, 0.4) is 0 Å². The molecule has 1 aromatic heterocycles. The van der Waals surface area contributed by atoms with Gasteiger partial charge in [0.15, 0.2) is 0 Å². The van der Waals surface area contributed by atoms with Gasteiger partial charge in [-0.1, -0.05) is 55.8 Å². The van der Waals surface area contributed by atoms with E-state index < -0.39 is 6.04 Å². The van der Waals surface area contributed by atoms with Crippen LogP contribution in [0.15, 0.2) is 67.0 Å². The molecule has 2 amide bonds. The molecule has 0 saturated carbocycles. The summed E-state index contributed by atoms with van der Waals surface area (Å²) in [6, 6.07) is 16.6. The summed E-state index contributed by atoms with van der Waals surface area (Å²) in [5.41, 5.74) is 3.67. The van der Waals surface area contributed by atoms with Gasteiger partial charge >= 0.3 is 0 Å². The van der Waals surface area contributed by atoms with Crippen molar-refractivity contribution in [3.05, 3.63) is 89.2 Å². The largest absolute Gasteiger partial charge is 0.350 e. The topological polar surface area (TPSA) is 76.0 Å². The van der Waals surface area contributed by atoms with E-state index in [1.165, 1.54) is 0 Å². The molecular weight excluding hydrogens is 376 g/mol. The van der Waals surface area contributed by atoms with E-state index in [0.29, 0.717) is 18.7 Å². The molecule has 1 atom stereocenters. The van der Waals surface area contributed by atoms with Gasteiger partial charge in [-0.3, -0.25) is 14.3 Å². The molecule has 0 fully saturated rings. The first kappa shape index (κ1) is 21.3. The Morgan fingerprint density at radius 3 is 2.47 bits per heavy atom. The van der Waals surface area contributed by atoms with Crippen LogP contribution in [0.5, 0.6) is 0 Å². The monoisotopic (exact) mass is 404 g/mol. The molecule has 0 bridgehead atoms. The van der Waals surface area contributed by atoms with E-state index in [9.17, 15) is 9.59 Å². The number of carbonyl (C=O) groups excluding carboxylic acids is 2. The van der Waals surface area contributed by atoms with Gasteiger partial charge < -0.3 is 10.6 Å². The van der Waals surface area contributed by atoms with Gasteiger partial charge in [-0.15, -0.1) is 0 Å². The average Bonchev–Trinajstić information content (AvgIpc) is 3.24. The van der Waals surface area contributed by atoms with Crippen LogP contribution in [0.4, 0.5) is 0 Å². The Balaban J connectivity index is 1.65. The maximum Gasteiger partial charge on any atom is 0.251 e. The summed E-state index contributed by atoms with van der Waals surface area (Å²) in [5.74, 6) is -0.482. The van der Waals surface area contributed by atoms with E-state index in [-0.39, 0.29) is 17.7 Å². The molecule has 3 aromatic rings. The second-order valence-electron chi connectivity index (χ2n) is 7.75. The number of aromatic nitrogens is 2. The predicted octanol–water partition coefficient (Wildman–Crippen LogP) is 3.31. The Kier molecular flexibility index (Phi) is 7.01. The van der Waals surface area contributed by atoms with Gasteiger partial charge in [-0.25, -0.2) is 0 Å². The van der Waals surface area contributed by atoms with Crippen LogP contribution in [0.25, 0.3) is 0 Å². The predicted molar refractivity (Wildman–Crippen MR) is 117 cm³/mol. The van der Waals surface area contributed by atoms with E-state index >= 15 is 0 Å². The number of rotatable bonds is 8. The minimum absolute atomic E-state index is 0.0434. The normalized spacial score (nSPS) is 11.9. The summed E-state index contributed by atoms with van der Waals surface area (Å²) in [6.45, 7) is 6.81. The number of hydrogen-bond donors (Lipinski definition) is 2. The Hall–Kier alpha value is -3.41. The molecule has 0 aliphatic heterocycles. The highest BCUT2D eigenvalue weighted by atomic mass is 16.2. The highest BCUT2D eigenvalue weighted by Gasteiger charge is 2.24. The highest BCUT2D eigenvalue weighted by Crippen LogP contribution is 2.12. The van der Waals surface area contributed by atoms with E-state index in [0.717, 1.165) is 16.7 Å². The van der Waals surface area contributed by atoms with Gasteiger partial charge in [0.25, 0.3) is 5.91 Å². The van der Waals surface area contributed by atoms with Crippen molar-refractivity contribution in [1.82, 2.24) is 20.4 Å². The number of carbonyl (C=O) groups is 2. The molecule has 0 aliphatic carbocycles. The number of benzene rings is 2. The van der Waals surface area contributed by atoms with E-state index in [1.54, 1.807) is 12.3 Å². The zero-order valence-electron chi connectivity index (χ0n) is 17.6. The lowest BCUT2D eigenvalue weighted by Crippen LogP contribution is -2.49. The summed E-state index contributed by atoms with van der Waals surface area (Å²) in [6.07, 6.45) is 3.65. The summed E-state index contributed by atoms with van der Waals surface area (Å²) in [4.78, 5) is 25.5. The molecule has 0 aliphatic rings. The fourth-order valence-corrected chi connectivity index (χ4v) is 3.29. The maximum absolute atomic E-state index is 12.9. The van der Waals surface area contributed by atoms with Crippen LogP contribution in [-0.4, -0.2) is 27.6 Å². The lowest BCUT2D eigenvalue weighted by Gasteiger charge is -2.22. The van der Waals surface area contributed by atoms with Gasteiger partial charge in [0.1, 0.15) is 6.04 Å². The lowest BCUT2D eigenvalue weighted by molar-refractivity contribution is -0.124. The van der Waals surface area contributed by atoms with Gasteiger partial charge in [0.05, 0.1) is 6.54 Å². The summed E-state index contributed by atoms with van der Waals surface area (Å²) in [7, 11) is 0. The Bertz CT molecular complexity index is 996. The lowest BCUT2D eigenvalue weighted by atomic mass is 10.0. The van der Waals surface area contributed by atoms with Crippen molar-refractivity contribution < 1.29 is 9.59 Å². The van der Waals surface area contributed by atoms with Crippen molar-refractivity contribution in [2.24, 2.45) is 5.92 Å². The minimum atomic E-state index is -0.615. The summed E-state index contributed by atoms with van der Waals surface area (Å²) >= 11 is 0. The van der Waals surface area contributed by atoms with Crippen molar-refractivity contribution >= 4 is 11.8 Å². The standard InChI is InChI=1S/C24H28N4O2/c1-17(2)22(27-23(29)19-11-6-8-18(3)14-19)24(30)25-15-20-9-4-5-10-21(20)16-28-13-7-12-26-28/h4-14,17,22H,15-16H2,1-3H3,(H,25,30)(H,27,29). The number of hydrogen-bond acceptors (Lipinski definition) is 3. The molecule has 3 rings (SSSR count). The van der Waals surface area contributed by atoms with Crippen molar-refractivity contribution in [1.29, 1.82) is 0 Å². The third kappa shape index (κ3) is 5.56. The van der Waals surface area contributed by atoms with Crippen LogP contribution < -0.4 is 10.6 Å². The first-order valence-electron chi connectivity index (χ1n) is 10.1. The van der Waals surface area contributed by atoms with Crippen LogP contribution in [0, 0.1) is 12.8 Å². The fraction of sp³-hybridized carbons (Fsp3) is 0.292. The highest BCUT2D eigenvalue weighted by molar-refractivity contribution is 5.97. The van der Waals surface area contributed by atoms with Gasteiger partial charge in [0.2, 0.25) is 5.91 Å². The quantitative estimate of drug-likeness (QED) is 0.605. The van der Waals surface area contributed by atoms with Crippen LogP contribution in [-0.2, 0) is 17.9 Å². The van der Waals surface area contributed by atoms with Gasteiger partial charge in [-0.2, -0.15) is 5.10 Å². The van der Waals surface area contributed by atoms with Crippen molar-refractivity contribution in [3.63, 3.8) is 0 Å². The second kappa shape index (κ2) is 9.87. The first-order chi connectivity index (χ1) is 14.4. The summed E-state index contributed by atoms with van der Waals surface area (Å²) in [5, 5.41) is 10.1. The molecule has 6 nitrogen and oxygen atoms in total. The summed E-state index contributed by atoms with van der Waals surface area (Å²) < 4.78 is 1.85. The van der Waals surface area contributed by atoms with E-state index in [4.69, 9.17) is 0 Å². The van der Waals surface area contributed by atoms with E-state index in [1.807, 2.05) is 80.2 Å². The molecule has 0 radical (unpaired) electrons. The Morgan fingerprint density at radius 1 is 1.03 bits per heavy atom. The molecule has 156 valence electrons. The number of nitrogens with one attached hydrogen (secondary N) is 2. The molecule has 1 heterocycles. The fourth-order valence-electron chi connectivity index (χ4n) is 3.29. The SMILES string of the molecule is Cc1cccc(C(=O)NC(C(=O)NCc2ccccc2Cn2cccn2)C(C)C)c1. The van der Waals surface area contributed by atoms with Gasteiger partial charge in [0, 0.05) is 24.5 Å². The molecular formula is C24H28N4O2. The molecule has 1 unspecified atom stereocenters. The first-order valence-corrected chi connectivity index (χ1v) is 10.1. The molecule has 0 saturated heterocycles. The Morgan fingerprint density at radius 2 is 1.80 bits per heavy atom. The molecule has 2 N–H and O–H groups in total. The Labute approximate surface area is 177 Å². The number of amides is 2. The van der Waals surface area contributed by atoms with Crippen molar-refractivity contribution in [2.75, 3.05) is 0 Å². The van der Waals surface area contributed by atoms with Gasteiger partial charge in [-0.05, 0) is 42.2 Å². The molecule has 0 spiro atoms. The zero-order valence-corrected chi connectivity index (χ0v) is 17.6. The van der Waals surface area contributed by atoms with Crippen molar-refractivity contribution in [2.45, 2.75) is 39.9 Å².